The van der Waals surface area contributed by atoms with Crippen LogP contribution in [0.2, 0.25) is 0 Å². The van der Waals surface area contributed by atoms with E-state index in [1.807, 2.05) is 32.2 Å². The van der Waals surface area contributed by atoms with Crippen molar-refractivity contribution >= 4 is 5.78 Å². The van der Waals surface area contributed by atoms with E-state index in [2.05, 4.69) is 4.90 Å². The molecule has 0 saturated carbocycles. The molecule has 0 radical (unpaired) electrons. The first-order chi connectivity index (χ1) is 10.2. The Morgan fingerprint density at radius 1 is 1.38 bits per heavy atom. The Balaban J connectivity index is 1.55. The molecular weight excluding hydrogens is 270 g/mol. The van der Waals surface area contributed by atoms with E-state index in [0.29, 0.717) is 18.8 Å². The number of carbonyl (C=O) groups is 1. The molecule has 0 spiro atoms. The second kappa shape index (κ2) is 6.03. The summed E-state index contributed by atoms with van der Waals surface area (Å²) in [5.41, 5.74) is 1.06. The molecule has 114 valence electrons. The van der Waals surface area contributed by atoms with Gasteiger partial charge in [0.1, 0.15) is 5.78 Å². The van der Waals surface area contributed by atoms with Crippen molar-refractivity contribution in [3.8, 4) is 11.5 Å². The zero-order chi connectivity index (χ0) is 14.8. The molecule has 1 aromatic rings. The molecule has 1 fully saturated rings. The van der Waals surface area contributed by atoms with Gasteiger partial charge in [-0.15, -0.1) is 0 Å². The zero-order valence-electron chi connectivity index (χ0n) is 12.5. The lowest BCUT2D eigenvalue weighted by molar-refractivity contribution is -0.122. The predicted octanol–water partition coefficient (Wildman–Crippen LogP) is 1.98. The van der Waals surface area contributed by atoms with Crippen molar-refractivity contribution in [1.29, 1.82) is 0 Å². The summed E-state index contributed by atoms with van der Waals surface area (Å²) in [7, 11) is 1.99. The average Bonchev–Trinajstić information content (AvgIpc) is 3.10. The van der Waals surface area contributed by atoms with Crippen molar-refractivity contribution in [3.05, 3.63) is 23.8 Å². The van der Waals surface area contributed by atoms with Crippen molar-refractivity contribution in [2.45, 2.75) is 38.5 Å². The van der Waals surface area contributed by atoms with Gasteiger partial charge in [0.05, 0.1) is 18.8 Å². The molecule has 1 aromatic carbocycles. The highest BCUT2D eigenvalue weighted by Gasteiger charge is 2.33. The molecule has 21 heavy (non-hydrogen) atoms. The lowest BCUT2D eigenvalue weighted by Gasteiger charge is -2.16. The first kappa shape index (κ1) is 14.4. The van der Waals surface area contributed by atoms with Crippen molar-refractivity contribution in [2.75, 3.05) is 20.4 Å². The van der Waals surface area contributed by atoms with Gasteiger partial charge in [0.15, 0.2) is 11.5 Å². The molecule has 0 bridgehead atoms. The van der Waals surface area contributed by atoms with Crippen LogP contribution in [0.5, 0.6) is 11.5 Å². The standard InChI is InChI=1S/C16H21NO4/c1-3-14(18)13-7-12(8-17(13)2)19-9-11-4-5-15-16(6-11)21-10-20-15/h4-6,12-13H,3,7-10H2,1-2H3/t12-,13-/m1/s1. The number of Topliss-reactive ketones (excluding diaryl/α,β-unsaturated/α-hetero) is 1. The Labute approximate surface area is 124 Å². The molecule has 5 heteroatoms. The van der Waals surface area contributed by atoms with E-state index < -0.39 is 0 Å². The van der Waals surface area contributed by atoms with Crippen LogP contribution in [0.25, 0.3) is 0 Å². The second-order valence-corrected chi connectivity index (χ2v) is 5.63. The van der Waals surface area contributed by atoms with E-state index in [0.717, 1.165) is 30.0 Å². The maximum absolute atomic E-state index is 11.8. The fraction of sp³-hybridized carbons (Fsp3) is 0.562. The summed E-state index contributed by atoms with van der Waals surface area (Å²) in [6.07, 6.45) is 1.48. The third kappa shape index (κ3) is 3.04. The van der Waals surface area contributed by atoms with E-state index in [1.54, 1.807) is 0 Å². The number of nitrogens with zero attached hydrogens (tertiary/aromatic N) is 1. The van der Waals surface area contributed by atoms with Crippen LogP contribution in [0.1, 0.15) is 25.3 Å². The number of ketones is 1. The average molecular weight is 291 g/mol. The summed E-state index contributed by atoms with van der Waals surface area (Å²) in [5, 5.41) is 0. The van der Waals surface area contributed by atoms with Gasteiger partial charge in [-0.3, -0.25) is 9.69 Å². The number of hydrogen-bond acceptors (Lipinski definition) is 5. The van der Waals surface area contributed by atoms with E-state index >= 15 is 0 Å². The lowest BCUT2D eigenvalue weighted by Crippen LogP contribution is -2.32. The number of rotatable bonds is 5. The highest BCUT2D eigenvalue weighted by atomic mass is 16.7. The van der Waals surface area contributed by atoms with E-state index in [4.69, 9.17) is 14.2 Å². The summed E-state index contributed by atoms with van der Waals surface area (Å²) >= 11 is 0. The number of hydrogen-bond donors (Lipinski definition) is 0. The molecular formula is C16H21NO4. The Kier molecular flexibility index (Phi) is 4.12. The van der Waals surface area contributed by atoms with Crippen LogP contribution in [0.4, 0.5) is 0 Å². The third-order valence-corrected chi connectivity index (χ3v) is 4.15. The van der Waals surface area contributed by atoms with E-state index in [1.165, 1.54) is 0 Å². The number of fused-ring (bicyclic) bond motifs is 1. The number of likely N-dealkylation sites (N-methyl/N-ethyl adjacent to an activating group) is 1. The van der Waals surface area contributed by atoms with Gasteiger partial charge >= 0.3 is 0 Å². The molecule has 2 heterocycles. The minimum absolute atomic E-state index is 0.0109. The fourth-order valence-electron chi connectivity index (χ4n) is 2.93. The fourth-order valence-corrected chi connectivity index (χ4v) is 2.93. The van der Waals surface area contributed by atoms with Gasteiger partial charge < -0.3 is 14.2 Å². The summed E-state index contributed by atoms with van der Waals surface area (Å²) in [5.74, 6) is 1.86. The topological polar surface area (TPSA) is 48.0 Å². The smallest absolute Gasteiger partial charge is 0.231 e. The van der Waals surface area contributed by atoms with Gasteiger partial charge in [-0.1, -0.05) is 13.0 Å². The van der Waals surface area contributed by atoms with Gasteiger partial charge in [0.2, 0.25) is 6.79 Å². The molecule has 0 unspecified atom stereocenters. The maximum atomic E-state index is 11.8. The van der Waals surface area contributed by atoms with Crippen LogP contribution in [-0.4, -0.2) is 43.2 Å². The number of likely N-dealkylation sites (tertiary alicyclic amines) is 1. The van der Waals surface area contributed by atoms with Gasteiger partial charge in [-0.25, -0.2) is 0 Å². The van der Waals surface area contributed by atoms with Gasteiger partial charge in [0.25, 0.3) is 0 Å². The van der Waals surface area contributed by atoms with Gasteiger partial charge in [-0.2, -0.15) is 0 Å². The summed E-state index contributed by atoms with van der Waals surface area (Å²) in [6, 6.07) is 5.86. The summed E-state index contributed by atoms with van der Waals surface area (Å²) in [6.45, 7) is 3.54. The molecule has 2 aliphatic heterocycles. The first-order valence-electron chi connectivity index (χ1n) is 7.40. The molecule has 1 saturated heterocycles. The molecule has 2 aliphatic rings. The van der Waals surface area contributed by atoms with Gasteiger partial charge in [0, 0.05) is 13.0 Å². The van der Waals surface area contributed by atoms with Crippen LogP contribution in [0.3, 0.4) is 0 Å². The third-order valence-electron chi connectivity index (χ3n) is 4.15. The van der Waals surface area contributed by atoms with Crippen LogP contribution < -0.4 is 9.47 Å². The Hall–Kier alpha value is -1.59. The quantitative estimate of drug-likeness (QED) is 0.830. The van der Waals surface area contributed by atoms with Crippen LogP contribution in [0, 0.1) is 0 Å². The van der Waals surface area contributed by atoms with E-state index in [-0.39, 0.29) is 18.9 Å². The number of carbonyl (C=O) groups excluding carboxylic acids is 1. The van der Waals surface area contributed by atoms with E-state index in [9.17, 15) is 4.79 Å². The largest absolute Gasteiger partial charge is 0.454 e. The Morgan fingerprint density at radius 3 is 3.00 bits per heavy atom. The maximum Gasteiger partial charge on any atom is 0.231 e. The zero-order valence-corrected chi connectivity index (χ0v) is 12.5. The SMILES string of the molecule is CCC(=O)[C@H]1C[C@@H](OCc2ccc3c(c2)OCO3)CN1C. The Morgan fingerprint density at radius 2 is 2.19 bits per heavy atom. The molecule has 2 atom stereocenters. The van der Waals surface area contributed by atoms with Crippen LogP contribution in [-0.2, 0) is 16.1 Å². The second-order valence-electron chi connectivity index (χ2n) is 5.63. The van der Waals surface area contributed by atoms with Gasteiger partial charge in [-0.05, 0) is 31.2 Å². The van der Waals surface area contributed by atoms with Crippen LogP contribution in [0.15, 0.2) is 18.2 Å². The molecule has 0 aromatic heterocycles. The molecule has 3 rings (SSSR count). The molecule has 0 amide bonds. The predicted molar refractivity (Wildman–Crippen MR) is 77.5 cm³/mol. The molecule has 0 N–H and O–H groups in total. The van der Waals surface area contributed by atoms with Crippen molar-refractivity contribution in [2.24, 2.45) is 0 Å². The summed E-state index contributed by atoms with van der Waals surface area (Å²) < 4.78 is 16.6. The van der Waals surface area contributed by atoms with Crippen LogP contribution >= 0.6 is 0 Å². The molecule has 5 nitrogen and oxygen atoms in total. The van der Waals surface area contributed by atoms with Crippen molar-refractivity contribution in [1.82, 2.24) is 4.90 Å². The first-order valence-corrected chi connectivity index (χ1v) is 7.40. The summed E-state index contributed by atoms with van der Waals surface area (Å²) in [4.78, 5) is 13.9. The lowest BCUT2D eigenvalue weighted by atomic mass is 10.1. The molecule has 0 aliphatic carbocycles. The van der Waals surface area contributed by atoms with Crippen molar-refractivity contribution in [3.63, 3.8) is 0 Å². The monoisotopic (exact) mass is 291 g/mol. The minimum Gasteiger partial charge on any atom is -0.454 e. The number of benzene rings is 1. The minimum atomic E-state index is 0.0109. The normalized spacial score (nSPS) is 24.5. The van der Waals surface area contributed by atoms with Crippen molar-refractivity contribution < 1.29 is 19.0 Å². The highest BCUT2D eigenvalue weighted by Crippen LogP contribution is 2.33. The highest BCUT2D eigenvalue weighted by molar-refractivity contribution is 5.84. The Bertz CT molecular complexity index is 531. The number of ether oxygens (including phenoxy) is 3.